The smallest absolute Gasteiger partial charge is 0.179 e. The summed E-state index contributed by atoms with van der Waals surface area (Å²) in [5.74, 6) is 1.70. The molecule has 1 aliphatic heterocycles. The van der Waals surface area contributed by atoms with Crippen molar-refractivity contribution in [3.8, 4) is 22.9 Å². The van der Waals surface area contributed by atoms with Crippen LogP contribution >= 0.6 is 45.8 Å². The van der Waals surface area contributed by atoms with Crippen LogP contribution in [-0.2, 0) is 0 Å². The lowest BCUT2D eigenvalue weighted by molar-refractivity contribution is 0.297. The maximum absolute atomic E-state index is 6.25. The van der Waals surface area contributed by atoms with Gasteiger partial charge in [0.25, 0.3) is 0 Å². The van der Waals surface area contributed by atoms with Gasteiger partial charge in [0.2, 0.25) is 0 Å². The van der Waals surface area contributed by atoms with Crippen molar-refractivity contribution in [1.29, 1.82) is 0 Å². The average molecular weight is 423 g/mol. The van der Waals surface area contributed by atoms with Gasteiger partial charge >= 0.3 is 0 Å². The zero-order chi connectivity index (χ0) is 14.1. The molecule has 2 heterocycles. The fourth-order valence-corrected chi connectivity index (χ4v) is 2.50. The molecule has 0 aliphatic carbocycles. The molecule has 104 valence electrons. The van der Waals surface area contributed by atoms with E-state index < -0.39 is 0 Å². The molecule has 1 aliphatic rings. The number of benzene rings is 1. The predicted molar refractivity (Wildman–Crippen MR) is 85.8 cm³/mol. The van der Waals surface area contributed by atoms with E-state index in [1.165, 1.54) is 0 Å². The normalized spacial score (nSPS) is 13.9. The maximum Gasteiger partial charge on any atom is 0.179 e. The summed E-state index contributed by atoms with van der Waals surface area (Å²) >= 11 is 14.4. The quantitative estimate of drug-likeness (QED) is 0.510. The number of nitrogens with zero attached hydrogens (tertiary/aromatic N) is 2. The third-order valence-corrected chi connectivity index (χ3v) is 4.44. The van der Waals surface area contributed by atoms with Crippen molar-refractivity contribution in [3.05, 3.63) is 32.1 Å². The van der Waals surface area contributed by atoms with Crippen LogP contribution in [-0.4, -0.2) is 23.2 Å². The standard InChI is InChI=1S/C13H9Cl2IN2O2/c14-8-4-7(13-17-6-9(16)12(15)18-13)5-10-11(8)20-3-1-2-19-10/h4-6H,1-3H2. The molecule has 0 N–H and O–H groups in total. The highest BCUT2D eigenvalue weighted by molar-refractivity contribution is 14.1. The van der Waals surface area contributed by atoms with E-state index in [1.807, 2.05) is 6.07 Å². The molecule has 0 spiro atoms. The Morgan fingerprint density at radius 1 is 1.15 bits per heavy atom. The van der Waals surface area contributed by atoms with Gasteiger partial charge in [-0.25, -0.2) is 9.97 Å². The van der Waals surface area contributed by atoms with Crippen molar-refractivity contribution < 1.29 is 9.47 Å². The number of hydrogen-bond acceptors (Lipinski definition) is 4. The van der Waals surface area contributed by atoms with Gasteiger partial charge < -0.3 is 9.47 Å². The zero-order valence-electron chi connectivity index (χ0n) is 10.2. The number of hydrogen-bond donors (Lipinski definition) is 0. The van der Waals surface area contributed by atoms with Crippen LogP contribution in [0.4, 0.5) is 0 Å². The minimum Gasteiger partial charge on any atom is -0.489 e. The second-order valence-electron chi connectivity index (χ2n) is 4.17. The first-order valence-electron chi connectivity index (χ1n) is 5.92. The van der Waals surface area contributed by atoms with Gasteiger partial charge in [-0.2, -0.15) is 0 Å². The Kier molecular flexibility index (Phi) is 4.18. The molecule has 0 bridgehead atoms. The van der Waals surface area contributed by atoms with Crippen LogP contribution in [0.2, 0.25) is 10.2 Å². The molecule has 0 saturated carbocycles. The molecule has 1 aromatic carbocycles. The molecule has 7 heteroatoms. The third-order valence-electron chi connectivity index (χ3n) is 2.76. The van der Waals surface area contributed by atoms with Crippen LogP contribution in [0.15, 0.2) is 18.3 Å². The van der Waals surface area contributed by atoms with Crippen molar-refractivity contribution in [2.24, 2.45) is 0 Å². The molecule has 0 atom stereocenters. The monoisotopic (exact) mass is 422 g/mol. The molecule has 0 fully saturated rings. The van der Waals surface area contributed by atoms with Crippen LogP contribution in [0.1, 0.15) is 6.42 Å². The topological polar surface area (TPSA) is 44.2 Å². The van der Waals surface area contributed by atoms with E-state index in [4.69, 9.17) is 32.7 Å². The van der Waals surface area contributed by atoms with E-state index in [-0.39, 0.29) is 0 Å². The summed E-state index contributed by atoms with van der Waals surface area (Å²) in [6.07, 6.45) is 2.49. The first-order valence-corrected chi connectivity index (χ1v) is 7.76. The summed E-state index contributed by atoms with van der Waals surface area (Å²) in [6.45, 7) is 1.19. The van der Waals surface area contributed by atoms with Gasteiger partial charge in [0.15, 0.2) is 17.3 Å². The van der Waals surface area contributed by atoms with Crippen molar-refractivity contribution >= 4 is 45.8 Å². The molecule has 0 saturated heterocycles. The Morgan fingerprint density at radius 2 is 1.95 bits per heavy atom. The molecule has 20 heavy (non-hydrogen) atoms. The van der Waals surface area contributed by atoms with Gasteiger partial charge in [0, 0.05) is 18.2 Å². The van der Waals surface area contributed by atoms with Crippen molar-refractivity contribution in [1.82, 2.24) is 9.97 Å². The zero-order valence-corrected chi connectivity index (χ0v) is 13.9. The number of ether oxygens (including phenoxy) is 2. The maximum atomic E-state index is 6.25. The highest BCUT2D eigenvalue weighted by Gasteiger charge is 2.17. The van der Waals surface area contributed by atoms with Gasteiger partial charge in [0.05, 0.1) is 21.8 Å². The SMILES string of the molecule is Clc1cc(-c2ncc(I)c(Cl)n2)cc2c1OCCCO2. The molecular formula is C13H9Cl2IN2O2. The van der Waals surface area contributed by atoms with Gasteiger partial charge in [0.1, 0.15) is 5.15 Å². The summed E-state index contributed by atoms with van der Waals surface area (Å²) in [7, 11) is 0. The summed E-state index contributed by atoms with van der Waals surface area (Å²) in [5.41, 5.74) is 0.748. The fourth-order valence-electron chi connectivity index (χ4n) is 1.85. The molecule has 4 nitrogen and oxygen atoms in total. The van der Waals surface area contributed by atoms with Crippen LogP contribution in [0.25, 0.3) is 11.4 Å². The van der Waals surface area contributed by atoms with E-state index in [2.05, 4.69) is 32.6 Å². The van der Waals surface area contributed by atoms with E-state index in [0.717, 1.165) is 15.6 Å². The number of fused-ring (bicyclic) bond motifs is 1. The number of halogens is 3. The van der Waals surface area contributed by atoms with E-state index >= 15 is 0 Å². The minimum atomic E-state index is 0.416. The molecule has 0 radical (unpaired) electrons. The Bertz CT molecular complexity index is 667. The first kappa shape index (κ1) is 14.2. The minimum absolute atomic E-state index is 0.416. The van der Waals surface area contributed by atoms with E-state index in [0.29, 0.717) is 40.7 Å². The van der Waals surface area contributed by atoms with Crippen LogP contribution in [0, 0.1) is 3.57 Å². The highest BCUT2D eigenvalue weighted by Crippen LogP contribution is 2.40. The Labute approximate surface area is 139 Å². The molecule has 0 amide bonds. The Hall–Kier alpha value is -0.790. The van der Waals surface area contributed by atoms with Crippen molar-refractivity contribution in [2.45, 2.75) is 6.42 Å². The lowest BCUT2D eigenvalue weighted by atomic mass is 10.2. The van der Waals surface area contributed by atoms with E-state index in [9.17, 15) is 0 Å². The third kappa shape index (κ3) is 2.80. The number of rotatable bonds is 1. The van der Waals surface area contributed by atoms with Crippen molar-refractivity contribution in [3.63, 3.8) is 0 Å². The summed E-state index contributed by atoms with van der Waals surface area (Å²) in [5, 5.41) is 0.900. The second kappa shape index (κ2) is 5.91. The summed E-state index contributed by atoms with van der Waals surface area (Å²) < 4.78 is 12.0. The van der Waals surface area contributed by atoms with Gasteiger partial charge in [-0.3, -0.25) is 0 Å². The van der Waals surface area contributed by atoms with Crippen molar-refractivity contribution in [2.75, 3.05) is 13.2 Å². The highest BCUT2D eigenvalue weighted by atomic mass is 127. The first-order chi connectivity index (χ1) is 9.65. The molecule has 1 aromatic heterocycles. The van der Waals surface area contributed by atoms with Gasteiger partial charge in [-0.15, -0.1) is 0 Å². The van der Waals surface area contributed by atoms with Crippen LogP contribution in [0.3, 0.4) is 0 Å². The van der Waals surface area contributed by atoms with E-state index in [1.54, 1.807) is 12.3 Å². The lowest BCUT2D eigenvalue weighted by Gasteiger charge is -2.11. The fraction of sp³-hybridized carbons (Fsp3) is 0.231. The summed E-state index contributed by atoms with van der Waals surface area (Å²) in [4.78, 5) is 8.51. The second-order valence-corrected chi connectivity index (χ2v) is 6.10. The average Bonchev–Trinajstić information content (AvgIpc) is 2.67. The van der Waals surface area contributed by atoms with Crippen LogP contribution in [0.5, 0.6) is 11.5 Å². The molecule has 0 unspecified atom stereocenters. The summed E-state index contributed by atoms with van der Waals surface area (Å²) in [6, 6.07) is 3.58. The van der Waals surface area contributed by atoms with Gasteiger partial charge in [-0.1, -0.05) is 23.2 Å². The largest absolute Gasteiger partial charge is 0.489 e. The number of aromatic nitrogens is 2. The Balaban J connectivity index is 2.08. The molecule has 2 aromatic rings. The molecular weight excluding hydrogens is 414 g/mol. The Morgan fingerprint density at radius 3 is 2.75 bits per heavy atom. The van der Waals surface area contributed by atoms with Gasteiger partial charge in [-0.05, 0) is 34.7 Å². The lowest BCUT2D eigenvalue weighted by Crippen LogP contribution is -1.97. The molecule has 3 rings (SSSR count). The van der Waals surface area contributed by atoms with Crippen LogP contribution < -0.4 is 9.47 Å². The predicted octanol–water partition coefficient (Wildman–Crippen LogP) is 4.22.